The molecule has 0 bridgehead atoms. The van der Waals surface area contributed by atoms with Crippen LogP contribution in [0.25, 0.3) is 17.0 Å². The number of hydrogen-bond acceptors (Lipinski definition) is 5. The fraction of sp³-hybridized carbons (Fsp3) is 0.321. The third kappa shape index (κ3) is 4.91. The zero-order valence-electron chi connectivity index (χ0n) is 20.3. The molecule has 186 valence electrons. The number of ether oxygens (including phenoxy) is 1. The number of imide groups is 1. The Morgan fingerprint density at radius 3 is 2.58 bits per heavy atom. The molecule has 3 heterocycles. The van der Waals surface area contributed by atoms with Gasteiger partial charge < -0.3 is 14.2 Å². The van der Waals surface area contributed by atoms with Crippen LogP contribution in [0.15, 0.2) is 59.6 Å². The van der Waals surface area contributed by atoms with Crippen molar-refractivity contribution in [3.05, 3.63) is 70.8 Å². The number of nitrogens with zero attached hydrogens (tertiary/aromatic N) is 3. The first-order chi connectivity index (χ1) is 17.5. The van der Waals surface area contributed by atoms with E-state index in [0.717, 1.165) is 66.1 Å². The highest BCUT2D eigenvalue weighted by atomic mass is 32.2. The lowest BCUT2D eigenvalue weighted by molar-refractivity contribution is -0.130. The van der Waals surface area contributed by atoms with Gasteiger partial charge in [0.1, 0.15) is 18.9 Å². The molecule has 2 aromatic carbocycles. The SMILES string of the molecule is CCc1cccc2c(/C=C3\SC(=O)N(CCOc4ccccc4)C3=O)cn(CC(=O)N3CCCC3)c12. The maximum Gasteiger partial charge on any atom is 0.293 e. The molecule has 2 saturated heterocycles. The summed E-state index contributed by atoms with van der Waals surface area (Å²) in [5.74, 6) is 0.492. The third-order valence-electron chi connectivity index (χ3n) is 6.65. The second kappa shape index (κ2) is 10.6. The number of fused-ring (bicyclic) bond motifs is 1. The molecule has 0 N–H and O–H groups in total. The lowest BCUT2D eigenvalue weighted by Gasteiger charge is -2.16. The van der Waals surface area contributed by atoms with Crippen molar-refractivity contribution < 1.29 is 19.1 Å². The molecule has 36 heavy (non-hydrogen) atoms. The topological polar surface area (TPSA) is 71.8 Å². The maximum absolute atomic E-state index is 13.1. The lowest BCUT2D eigenvalue weighted by Crippen LogP contribution is -2.32. The van der Waals surface area contributed by atoms with E-state index in [0.29, 0.717) is 10.7 Å². The molecular weight excluding hydrogens is 474 g/mol. The summed E-state index contributed by atoms with van der Waals surface area (Å²) < 4.78 is 7.67. The molecule has 2 aliphatic rings. The average molecular weight is 504 g/mol. The summed E-state index contributed by atoms with van der Waals surface area (Å²) in [6.07, 6.45) is 6.65. The van der Waals surface area contributed by atoms with E-state index < -0.39 is 0 Å². The number of carbonyl (C=O) groups excluding carboxylic acids is 3. The number of rotatable bonds is 8. The zero-order chi connectivity index (χ0) is 25.1. The van der Waals surface area contributed by atoms with E-state index in [4.69, 9.17) is 4.74 Å². The Labute approximate surface area is 214 Å². The highest BCUT2D eigenvalue weighted by molar-refractivity contribution is 8.18. The summed E-state index contributed by atoms with van der Waals surface area (Å²) in [6, 6.07) is 15.4. The smallest absolute Gasteiger partial charge is 0.293 e. The number of amides is 3. The quantitative estimate of drug-likeness (QED) is 0.407. The second-order valence-corrected chi connectivity index (χ2v) is 9.96. The molecule has 0 radical (unpaired) electrons. The van der Waals surface area contributed by atoms with Crippen molar-refractivity contribution in [1.29, 1.82) is 0 Å². The Hall–Kier alpha value is -3.52. The van der Waals surface area contributed by atoms with Crippen LogP contribution in [0.1, 0.15) is 30.9 Å². The van der Waals surface area contributed by atoms with Crippen LogP contribution in [-0.4, -0.2) is 57.7 Å². The molecule has 3 amide bonds. The molecular formula is C28H29N3O4S. The van der Waals surface area contributed by atoms with Gasteiger partial charge >= 0.3 is 0 Å². The van der Waals surface area contributed by atoms with Crippen LogP contribution in [-0.2, 0) is 22.6 Å². The van der Waals surface area contributed by atoms with Gasteiger partial charge in [0, 0.05) is 30.2 Å². The first-order valence-corrected chi connectivity index (χ1v) is 13.2. The zero-order valence-corrected chi connectivity index (χ0v) is 21.1. The average Bonchev–Trinajstić information content (AvgIpc) is 3.61. The van der Waals surface area contributed by atoms with Crippen molar-refractivity contribution in [2.24, 2.45) is 0 Å². The van der Waals surface area contributed by atoms with Crippen LogP contribution in [0.5, 0.6) is 5.75 Å². The number of aryl methyl sites for hydroxylation is 1. The van der Waals surface area contributed by atoms with Crippen LogP contribution in [0.4, 0.5) is 4.79 Å². The van der Waals surface area contributed by atoms with Gasteiger partial charge in [-0.25, -0.2) is 0 Å². The molecule has 5 rings (SSSR count). The van der Waals surface area contributed by atoms with E-state index >= 15 is 0 Å². The predicted molar refractivity (Wildman–Crippen MR) is 142 cm³/mol. The second-order valence-electron chi connectivity index (χ2n) is 8.96. The van der Waals surface area contributed by atoms with Crippen molar-refractivity contribution in [3.63, 3.8) is 0 Å². The number of aromatic nitrogens is 1. The van der Waals surface area contributed by atoms with Crippen molar-refractivity contribution in [2.45, 2.75) is 32.7 Å². The Kier molecular flexibility index (Phi) is 7.13. The van der Waals surface area contributed by atoms with Crippen LogP contribution < -0.4 is 4.74 Å². The van der Waals surface area contributed by atoms with Gasteiger partial charge in [-0.05, 0) is 54.8 Å². The summed E-state index contributed by atoms with van der Waals surface area (Å²) in [6.45, 7) is 4.39. The highest BCUT2D eigenvalue weighted by Crippen LogP contribution is 2.35. The Morgan fingerprint density at radius 1 is 1.06 bits per heavy atom. The van der Waals surface area contributed by atoms with Crippen molar-refractivity contribution in [1.82, 2.24) is 14.4 Å². The number of para-hydroxylation sites is 2. The minimum atomic E-state index is -0.317. The summed E-state index contributed by atoms with van der Waals surface area (Å²) >= 11 is 0.944. The van der Waals surface area contributed by atoms with Gasteiger partial charge in [-0.3, -0.25) is 19.3 Å². The van der Waals surface area contributed by atoms with E-state index in [1.165, 1.54) is 4.90 Å². The fourth-order valence-electron chi connectivity index (χ4n) is 4.81. The largest absolute Gasteiger partial charge is 0.492 e. The molecule has 1 aromatic heterocycles. The molecule has 2 fully saturated rings. The lowest BCUT2D eigenvalue weighted by atomic mass is 10.1. The molecule has 0 atom stereocenters. The summed E-state index contributed by atoms with van der Waals surface area (Å²) in [7, 11) is 0. The molecule has 2 aliphatic heterocycles. The number of carbonyl (C=O) groups is 3. The predicted octanol–water partition coefficient (Wildman–Crippen LogP) is 4.94. The van der Waals surface area contributed by atoms with Crippen LogP contribution >= 0.6 is 11.8 Å². The summed E-state index contributed by atoms with van der Waals surface area (Å²) in [4.78, 5) is 42.1. The monoisotopic (exact) mass is 503 g/mol. The third-order valence-corrected chi connectivity index (χ3v) is 7.55. The van der Waals surface area contributed by atoms with Crippen molar-refractivity contribution in [2.75, 3.05) is 26.2 Å². The van der Waals surface area contributed by atoms with E-state index in [1.807, 2.05) is 58.1 Å². The summed E-state index contributed by atoms with van der Waals surface area (Å²) in [5.41, 5.74) is 2.99. The first-order valence-electron chi connectivity index (χ1n) is 12.4. The Bertz CT molecular complexity index is 1330. The van der Waals surface area contributed by atoms with Crippen LogP contribution in [0.3, 0.4) is 0 Å². The molecule has 0 unspecified atom stereocenters. The standard InChI is InChI=1S/C28H29N3O4S/c1-2-20-9-8-12-23-21(18-30(26(20)23)19-25(32)29-13-6-7-14-29)17-24-27(33)31(28(34)36-24)15-16-35-22-10-4-3-5-11-22/h3-5,8-12,17-18H,2,6-7,13-16,19H2,1H3/b24-17-. The fourth-order valence-corrected chi connectivity index (χ4v) is 5.66. The van der Waals surface area contributed by atoms with Gasteiger partial charge in [-0.1, -0.05) is 43.3 Å². The highest BCUT2D eigenvalue weighted by Gasteiger charge is 2.35. The first kappa shape index (κ1) is 24.2. The van der Waals surface area contributed by atoms with E-state index in [2.05, 4.69) is 13.0 Å². The Morgan fingerprint density at radius 2 is 1.83 bits per heavy atom. The molecule has 0 saturated carbocycles. The number of hydrogen-bond donors (Lipinski definition) is 0. The van der Waals surface area contributed by atoms with E-state index in [9.17, 15) is 14.4 Å². The molecule has 8 heteroatoms. The van der Waals surface area contributed by atoms with E-state index in [-0.39, 0.29) is 36.7 Å². The van der Waals surface area contributed by atoms with E-state index in [1.54, 1.807) is 6.08 Å². The van der Waals surface area contributed by atoms with Crippen molar-refractivity contribution >= 4 is 45.8 Å². The van der Waals surface area contributed by atoms with Gasteiger partial charge in [-0.15, -0.1) is 0 Å². The van der Waals surface area contributed by atoms with Crippen LogP contribution in [0.2, 0.25) is 0 Å². The Balaban J connectivity index is 1.38. The minimum absolute atomic E-state index is 0.112. The molecule has 0 spiro atoms. The molecule has 0 aliphatic carbocycles. The van der Waals surface area contributed by atoms with Crippen molar-refractivity contribution in [3.8, 4) is 5.75 Å². The molecule has 7 nitrogen and oxygen atoms in total. The van der Waals surface area contributed by atoms with Gasteiger partial charge in [0.15, 0.2) is 0 Å². The number of benzene rings is 2. The maximum atomic E-state index is 13.1. The van der Waals surface area contributed by atoms with Gasteiger partial charge in [-0.2, -0.15) is 0 Å². The van der Waals surface area contributed by atoms with Gasteiger partial charge in [0.05, 0.1) is 17.0 Å². The summed E-state index contributed by atoms with van der Waals surface area (Å²) in [5, 5.41) is 0.674. The molecule has 3 aromatic rings. The van der Waals surface area contributed by atoms with Crippen LogP contribution in [0, 0.1) is 0 Å². The normalized spacial score (nSPS) is 17.1. The van der Waals surface area contributed by atoms with Gasteiger partial charge in [0.2, 0.25) is 5.91 Å². The van der Waals surface area contributed by atoms with Gasteiger partial charge in [0.25, 0.3) is 11.1 Å². The number of thioether (sulfide) groups is 1. The number of likely N-dealkylation sites (tertiary alicyclic amines) is 1. The minimum Gasteiger partial charge on any atom is -0.492 e.